The molecular weight excluding hydrogens is 152 g/mol. The molecule has 0 heterocycles. The summed E-state index contributed by atoms with van der Waals surface area (Å²) in [6, 6.07) is 0. The van der Waals surface area contributed by atoms with Crippen LogP contribution in [0.5, 0.6) is 0 Å². The fourth-order valence-electron chi connectivity index (χ4n) is 0.835. The molecule has 0 aromatic rings. The van der Waals surface area contributed by atoms with E-state index in [9.17, 15) is 4.79 Å². The maximum absolute atomic E-state index is 11.0. The van der Waals surface area contributed by atoms with Crippen molar-refractivity contribution < 1.29 is 9.53 Å². The predicted molar refractivity (Wildman–Crippen MR) is 50.2 cm³/mol. The van der Waals surface area contributed by atoms with Crippen molar-refractivity contribution in [3.63, 3.8) is 0 Å². The van der Waals surface area contributed by atoms with Gasteiger partial charge in [0.25, 0.3) is 0 Å². The molecule has 0 atom stereocenters. The van der Waals surface area contributed by atoms with E-state index in [0.717, 1.165) is 19.3 Å². The lowest BCUT2D eigenvalue weighted by Gasteiger charge is -1.92. The van der Waals surface area contributed by atoms with Crippen LogP contribution in [0.25, 0.3) is 0 Å². The second kappa shape index (κ2) is 8.47. The monoisotopic (exact) mass is 170 g/mol. The van der Waals surface area contributed by atoms with Crippen molar-refractivity contribution in [3.8, 4) is 0 Å². The van der Waals surface area contributed by atoms with E-state index >= 15 is 0 Å². The lowest BCUT2D eigenvalue weighted by Crippen LogP contribution is -1.92. The van der Waals surface area contributed by atoms with E-state index in [4.69, 9.17) is 4.74 Å². The molecule has 0 saturated carbocycles. The molecule has 0 aliphatic carbocycles. The van der Waals surface area contributed by atoms with Crippen molar-refractivity contribution in [1.82, 2.24) is 0 Å². The number of carbonyl (C=O) groups excluding carboxylic acids is 1. The molecule has 0 unspecified atom stereocenters. The minimum absolute atomic E-state index is 0.230. The molecule has 0 spiro atoms. The van der Waals surface area contributed by atoms with Gasteiger partial charge in [-0.15, -0.1) is 0 Å². The third kappa shape index (κ3) is 7.48. The zero-order valence-electron chi connectivity index (χ0n) is 8.01. The summed E-state index contributed by atoms with van der Waals surface area (Å²) >= 11 is 0. The second-order valence-corrected chi connectivity index (χ2v) is 2.75. The molecule has 0 aromatic heterocycles. The van der Waals surface area contributed by atoms with Gasteiger partial charge in [-0.2, -0.15) is 0 Å². The van der Waals surface area contributed by atoms with Crippen LogP contribution < -0.4 is 0 Å². The molecule has 0 rings (SSSR count). The topological polar surface area (TPSA) is 26.3 Å². The van der Waals surface area contributed by atoms with E-state index in [1.54, 1.807) is 13.2 Å². The van der Waals surface area contributed by atoms with Crippen LogP contribution in [0, 0.1) is 0 Å². The molecule has 0 fully saturated rings. The van der Waals surface area contributed by atoms with E-state index in [2.05, 4.69) is 6.92 Å². The lowest BCUT2D eigenvalue weighted by atomic mass is 10.2. The number of methoxy groups -OCH3 is 1. The molecule has 0 saturated heterocycles. The zero-order chi connectivity index (χ0) is 9.23. The summed E-state index contributed by atoms with van der Waals surface area (Å²) in [7, 11) is 1.66. The number of hydrogen-bond acceptors (Lipinski definition) is 2. The number of rotatable bonds is 7. The average molecular weight is 170 g/mol. The Morgan fingerprint density at radius 2 is 2.25 bits per heavy atom. The first-order valence-electron chi connectivity index (χ1n) is 4.49. The van der Waals surface area contributed by atoms with E-state index in [-0.39, 0.29) is 5.78 Å². The molecular formula is C10H18O2. The molecule has 0 N–H and O–H groups in total. The smallest absolute Gasteiger partial charge is 0.155 e. The summed E-state index contributed by atoms with van der Waals surface area (Å²) in [6.07, 6.45) is 7.12. The van der Waals surface area contributed by atoms with Gasteiger partial charge in [-0.3, -0.25) is 4.79 Å². The Hall–Kier alpha value is -0.630. The van der Waals surface area contributed by atoms with Gasteiger partial charge in [-0.05, 0) is 18.9 Å². The quantitative estimate of drug-likeness (QED) is 0.433. The molecule has 2 heteroatoms. The molecule has 0 radical (unpaired) electrons. The van der Waals surface area contributed by atoms with Crippen LogP contribution in [0.15, 0.2) is 12.2 Å². The van der Waals surface area contributed by atoms with Crippen molar-refractivity contribution in [2.24, 2.45) is 0 Å². The van der Waals surface area contributed by atoms with Crippen LogP contribution >= 0.6 is 0 Å². The molecule has 70 valence electrons. The fraction of sp³-hybridized carbons (Fsp3) is 0.700. The maximum atomic E-state index is 11.0. The van der Waals surface area contributed by atoms with Crippen molar-refractivity contribution in [2.75, 3.05) is 13.7 Å². The van der Waals surface area contributed by atoms with Gasteiger partial charge >= 0.3 is 0 Å². The Bertz CT molecular complexity index is 139. The SMILES string of the molecule is CCCCC(=O)C=CCCOC. The highest BCUT2D eigenvalue weighted by Crippen LogP contribution is 1.96. The first-order valence-corrected chi connectivity index (χ1v) is 4.49. The van der Waals surface area contributed by atoms with Gasteiger partial charge in [0.05, 0.1) is 0 Å². The molecule has 2 nitrogen and oxygen atoms in total. The summed E-state index contributed by atoms with van der Waals surface area (Å²) in [5.74, 6) is 0.230. The summed E-state index contributed by atoms with van der Waals surface area (Å²) in [5.41, 5.74) is 0. The number of carbonyl (C=O) groups is 1. The largest absolute Gasteiger partial charge is 0.384 e. The van der Waals surface area contributed by atoms with E-state index in [1.807, 2.05) is 6.08 Å². The summed E-state index contributed by atoms with van der Waals surface area (Å²) in [6.45, 7) is 2.78. The van der Waals surface area contributed by atoms with Gasteiger partial charge in [0.2, 0.25) is 0 Å². The highest BCUT2D eigenvalue weighted by molar-refractivity contribution is 5.89. The molecule has 12 heavy (non-hydrogen) atoms. The van der Waals surface area contributed by atoms with Crippen molar-refractivity contribution in [1.29, 1.82) is 0 Å². The predicted octanol–water partition coefficient (Wildman–Crippen LogP) is 2.34. The Labute approximate surface area is 74.6 Å². The number of unbranched alkanes of at least 4 members (excludes halogenated alkanes) is 1. The van der Waals surface area contributed by atoms with E-state index in [1.165, 1.54) is 0 Å². The molecule has 0 aliphatic heterocycles. The molecule has 0 aliphatic rings. The minimum atomic E-state index is 0.230. The van der Waals surface area contributed by atoms with Crippen LogP contribution in [-0.2, 0) is 9.53 Å². The summed E-state index contributed by atoms with van der Waals surface area (Å²) in [5, 5.41) is 0. The summed E-state index contributed by atoms with van der Waals surface area (Å²) in [4.78, 5) is 11.0. The lowest BCUT2D eigenvalue weighted by molar-refractivity contribution is -0.114. The highest BCUT2D eigenvalue weighted by atomic mass is 16.5. The van der Waals surface area contributed by atoms with E-state index in [0.29, 0.717) is 13.0 Å². The van der Waals surface area contributed by atoms with Crippen LogP contribution in [-0.4, -0.2) is 19.5 Å². The van der Waals surface area contributed by atoms with Crippen molar-refractivity contribution in [3.05, 3.63) is 12.2 Å². The van der Waals surface area contributed by atoms with E-state index < -0.39 is 0 Å². The van der Waals surface area contributed by atoms with Gasteiger partial charge in [0.15, 0.2) is 5.78 Å². The maximum Gasteiger partial charge on any atom is 0.155 e. The zero-order valence-corrected chi connectivity index (χ0v) is 8.01. The van der Waals surface area contributed by atoms with Gasteiger partial charge in [0, 0.05) is 20.1 Å². The first kappa shape index (κ1) is 11.4. The standard InChI is InChI=1S/C10H18O2/c1-3-4-7-10(11)8-5-6-9-12-2/h5,8H,3-4,6-7,9H2,1-2H3. The molecule has 0 amide bonds. The normalized spacial score (nSPS) is 10.8. The molecule has 0 aromatic carbocycles. The number of allylic oxidation sites excluding steroid dienone is 1. The molecule has 0 bridgehead atoms. The van der Waals surface area contributed by atoms with Gasteiger partial charge in [0.1, 0.15) is 0 Å². The Morgan fingerprint density at radius 3 is 2.83 bits per heavy atom. The summed E-state index contributed by atoms with van der Waals surface area (Å²) < 4.78 is 4.84. The highest BCUT2D eigenvalue weighted by Gasteiger charge is 1.93. The third-order valence-electron chi connectivity index (χ3n) is 1.57. The average Bonchev–Trinajstić information content (AvgIpc) is 2.09. The Balaban J connectivity index is 3.34. The van der Waals surface area contributed by atoms with Crippen molar-refractivity contribution in [2.45, 2.75) is 32.6 Å². The van der Waals surface area contributed by atoms with Gasteiger partial charge < -0.3 is 4.74 Å². The van der Waals surface area contributed by atoms with Crippen molar-refractivity contribution >= 4 is 5.78 Å². The third-order valence-corrected chi connectivity index (χ3v) is 1.57. The first-order chi connectivity index (χ1) is 5.81. The van der Waals surface area contributed by atoms with Crippen LogP contribution in [0.4, 0.5) is 0 Å². The number of ether oxygens (including phenoxy) is 1. The van der Waals surface area contributed by atoms with Gasteiger partial charge in [-0.1, -0.05) is 19.4 Å². The van der Waals surface area contributed by atoms with Crippen LogP contribution in [0.2, 0.25) is 0 Å². The van der Waals surface area contributed by atoms with Crippen LogP contribution in [0.1, 0.15) is 32.6 Å². The second-order valence-electron chi connectivity index (χ2n) is 2.75. The van der Waals surface area contributed by atoms with Crippen LogP contribution in [0.3, 0.4) is 0 Å². The fourth-order valence-corrected chi connectivity index (χ4v) is 0.835. The number of ketones is 1. The Morgan fingerprint density at radius 1 is 1.50 bits per heavy atom. The minimum Gasteiger partial charge on any atom is -0.384 e. The van der Waals surface area contributed by atoms with Gasteiger partial charge in [-0.25, -0.2) is 0 Å². The Kier molecular flexibility index (Phi) is 8.02. The number of hydrogen-bond donors (Lipinski definition) is 0.